The molecule has 0 radical (unpaired) electrons. The van der Waals surface area contributed by atoms with Crippen LogP contribution in [-0.4, -0.2) is 103 Å². The van der Waals surface area contributed by atoms with Crippen LogP contribution in [0.5, 0.6) is 0 Å². The highest BCUT2D eigenvalue weighted by molar-refractivity contribution is 6.00. The van der Waals surface area contributed by atoms with E-state index in [2.05, 4.69) is 0 Å². The van der Waals surface area contributed by atoms with Crippen molar-refractivity contribution in [2.45, 2.75) is 136 Å². The maximum atomic E-state index is 14.0. The monoisotopic (exact) mass is 625 g/mol. The number of methoxy groups -OCH3 is 1. The average molecular weight is 626 g/mol. The lowest BCUT2D eigenvalue weighted by atomic mass is 9.77. The number of hydrogen-bond donors (Lipinski definition) is 1. The lowest BCUT2D eigenvalue weighted by Gasteiger charge is -2.47. The molecule has 0 aliphatic carbocycles. The molecular formula is C33H55NO10. The van der Waals surface area contributed by atoms with Crippen molar-refractivity contribution >= 4 is 23.5 Å². The SMILES string of the molecule is CCC[C@H]1OC(=O)[C@H](C)C(=O)[C@H](C)[C@@H](OC2OC(C)CC(N(C)C)C2OC(C)=O)[C@](C)(OC)C[C@@H](C)C(=O)/C(C)=C/[C@]1(C)O. The summed E-state index contributed by atoms with van der Waals surface area (Å²) in [6, 6.07) is -0.239. The number of esters is 2. The summed E-state index contributed by atoms with van der Waals surface area (Å²) in [5.41, 5.74) is -2.55. The van der Waals surface area contributed by atoms with E-state index in [1.807, 2.05) is 32.8 Å². The molecule has 11 atom stereocenters. The molecule has 2 rings (SSSR count). The first-order valence-electron chi connectivity index (χ1n) is 15.7. The van der Waals surface area contributed by atoms with Crippen molar-refractivity contribution in [3.8, 4) is 0 Å². The van der Waals surface area contributed by atoms with Crippen LogP contribution in [0.2, 0.25) is 0 Å². The minimum absolute atomic E-state index is 0.146. The summed E-state index contributed by atoms with van der Waals surface area (Å²) in [5, 5.41) is 11.3. The summed E-state index contributed by atoms with van der Waals surface area (Å²) in [6.07, 6.45) is -1.05. The Balaban J connectivity index is 2.69. The van der Waals surface area contributed by atoms with E-state index in [0.717, 1.165) is 0 Å². The fourth-order valence-corrected chi connectivity index (χ4v) is 6.53. The van der Waals surface area contributed by atoms with Gasteiger partial charge in [0, 0.05) is 25.9 Å². The molecule has 1 fully saturated rings. The van der Waals surface area contributed by atoms with Crippen LogP contribution in [0.15, 0.2) is 11.6 Å². The fraction of sp³-hybridized carbons (Fsp3) is 0.818. The van der Waals surface area contributed by atoms with Gasteiger partial charge in [-0.25, -0.2) is 0 Å². The van der Waals surface area contributed by atoms with Gasteiger partial charge in [-0.2, -0.15) is 0 Å². The molecule has 11 heteroatoms. The van der Waals surface area contributed by atoms with Gasteiger partial charge in [0.25, 0.3) is 0 Å². The first kappa shape index (κ1) is 38.0. The third-order valence-corrected chi connectivity index (χ3v) is 9.10. The van der Waals surface area contributed by atoms with E-state index in [1.165, 1.54) is 34.0 Å². The Kier molecular flexibility index (Phi) is 13.3. The average Bonchev–Trinajstić information content (AvgIpc) is 2.93. The summed E-state index contributed by atoms with van der Waals surface area (Å²) in [7, 11) is 5.23. The number of ketones is 2. The van der Waals surface area contributed by atoms with Crippen LogP contribution < -0.4 is 0 Å². The maximum absolute atomic E-state index is 14.0. The van der Waals surface area contributed by atoms with Gasteiger partial charge >= 0.3 is 11.9 Å². The van der Waals surface area contributed by atoms with Crippen molar-refractivity contribution in [1.82, 2.24) is 4.90 Å². The predicted octanol–water partition coefficient (Wildman–Crippen LogP) is 3.63. The zero-order valence-electron chi connectivity index (χ0n) is 28.7. The molecule has 11 nitrogen and oxygen atoms in total. The lowest BCUT2D eigenvalue weighted by molar-refractivity contribution is -0.297. The Morgan fingerprint density at radius 2 is 1.75 bits per heavy atom. The van der Waals surface area contributed by atoms with E-state index in [-0.39, 0.29) is 24.3 Å². The smallest absolute Gasteiger partial charge is 0.316 e. The Hall–Kier alpha value is -2.18. The third-order valence-electron chi connectivity index (χ3n) is 9.10. The minimum atomic E-state index is -1.64. The van der Waals surface area contributed by atoms with Crippen LogP contribution in [0, 0.1) is 17.8 Å². The zero-order valence-corrected chi connectivity index (χ0v) is 28.7. The number of Topliss-reactive ketones (excluding diaryl/α,β-unsaturated/α-hetero) is 2. The van der Waals surface area contributed by atoms with Gasteiger partial charge in [-0.05, 0) is 79.6 Å². The molecule has 2 aliphatic heterocycles. The summed E-state index contributed by atoms with van der Waals surface area (Å²) in [5.74, 6) is -4.71. The first-order chi connectivity index (χ1) is 20.3. The minimum Gasteiger partial charge on any atom is -0.458 e. The zero-order chi connectivity index (χ0) is 33.7. The highest BCUT2D eigenvalue weighted by Gasteiger charge is 2.50. The summed E-state index contributed by atoms with van der Waals surface area (Å²) in [4.78, 5) is 55.1. The molecule has 252 valence electrons. The fourth-order valence-electron chi connectivity index (χ4n) is 6.53. The van der Waals surface area contributed by atoms with Crippen molar-refractivity contribution in [3.63, 3.8) is 0 Å². The van der Waals surface area contributed by atoms with Crippen LogP contribution in [0.1, 0.15) is 88.0 Å². The number of allylic oxidation sites excluding steroid dienone is 1. The van der Waals surface area contributed by atoms with E-state index >= 15 is 0 Å². The van der Waals surface area contributed by atoms with Gasteiger partial charge in [-0.3, -0.25) is 19.2 Å². The van der Waals surface area contributed by atoms with Crippen molar-refractivity contribution in [1.29, 1.82) is 0 Å². The van der Waals surface area contributed by atoms with Gasteiger partial charge in [0.2, 0.25) is 0 Å². The third kappa shape index (κ3) is 8.96. The topological polar surface area (TPSA) is 138 Å². The predicted molar refractivity (Wildman–Crippen MR) is 164 cm³/mol. The van der Waals surface area contributed by atoms with Crippen molar-refractivity contribution < 1.29 is 48.0 Å². The standard InChI is InChI=1S/C33H55NO10/c1-13-14-25-32(8,39)16-18(2)26(36)19(3)17-33(9,40-12)29(21(5)27(37)22(6)30(38)43-25)44-31-28(42-23(7)35)24(34(10)11)15-20(4)41-31/h16,19-22,24-25,28-29,31,39H,13-15,17H2,1-12H3/b18-16+/t19-,20?,21+,22-,24?,25-,28?,29-,31?,32+,33-/m1/s1. The van der Waals surface area contributed by atoms with Gasteiger partial charge in [-0.15, -0.1) is 0 Å². The number of ether oxygens (including phenoxy) is 5. The summed E-state index contributed by atoms with van der Waals surface area (Å²) >= 11 is 0. The number of hydrogen-bond acceptors (Lipinski definition) is 11. The quantitative estimate of drug-likeness (QED) is 0.328. The molecule has 2 aliphatic rings. The molecule has 1 saturated heterocycles. The molecular weight excluding hydrogens is 570 g/mol. The summed E-state index contributed by atoms with van der Waals surface area (Å²) in [6.45, 7) is 14.9. The molecule has 1 N–H and O–H groups in total. The van der Waals surface area contributed by atoms with E-state index in [4.69, 9.17) is 23.7 Å². The van der Waals surface area contributed by atoms with Gasteiger partial charge in [-0.1, -0.05) is 27.2 Å². The Labute approximate surface area is 262 Å². The van der Waals surface area contributed by atoms with Crippen LogP contribution in [0.25, 0.3) is 0 Å². The first-order valence-corrected chi connectivity index (χ1v) is 15.7. The number of cyclic esters (lactones) is 1. The van der Waals surface area contributed by atoms with Crippen molar-refractivity contribution in [2.24, 2.45) is 17.8 Å². The Bertz CT molecular complexity index is 1070. The molecule has 0 aromatic carbocycles. The summed E-state index contributed by atoms with van der Waals surface area (Å²) < 4.78 is 30.4. The van der Waals surface area contributed by atoms with Crippen molar-refractivity contribution in [3.05, 3.63) is 11.6 Å². The number of rotatable bonds is 7. The molecule has 0 amide bonds. The number of carbonyl (C=O) groups excluding carboxylic acids is 4. The maximum Gasteiger partial charge on any atom is 0.316 e. The molecule has 0 spiro atoms. The Morgan fingerprint density at radius 1 is 1.14 bits per heavy atom. The van der Waals surface area contributed by atoms with Crippen LogP contribution in [0.4, 0.5) is 0 Å². The van der Waals surface area contributed by atoms with Crippen LogP contribution in [-0.2, 0) is 42.9 Å². The molecule has 44 heavy (non-hydrogen) atoms. The molecule has 0 aromatic rings. The highest BCUT2D eigenvalue weighted by atomic mass is 16.7. The number of nitrogens with zero attached hydrogens (tertiary/aromatic N) is 1. The number of carbonyl (C=O) groups is 4. The van der Waals surface area contributed by atoms with E-state index in [9.17, 15) is 24.3 Å². The van der Waals surface area contributed by atoms with Gasteiger partial charge in [0.1, 0.15) is 17.6 Å². The number of aliphatic hydroxyl groups is 1. The second-order valence-corrected chi connectivity index (χ2v) is 13.4. The second kappa shape index (κ2) is 15.4. The van der Waals surface area contributed by atoms with Crippen molar-refractivity contribution in [2.75, 3.05) is 21.2 Å². The Morgan fingerprint density at radius 3 is 2.27 bits per heavy atom. The molecule has 4 unspecified atom stereocenters. The van der Waals surface area contributed by atoms with E-state index < -0.39 is 71.3 Å². The van der Waals surface area contributed by atoms with E-state index in [1.54, 1.807) is 27.7 Å². The van der Waals surface area contributed by atoms with Crippen LogP contribution >= 0.6 is 0 Å². The van der Waals surface area contributed by atoms with Gasteiger partial charge in [0.15, 0.2) is 24.0 Å². The van der Waals surface area contributed by atoms with Crippen LogP contribution in [0.3, 0.4) is 0 Å². The highest BCUT2D eigenvalue weighted by Crippen LogP contribution is 2.38. The molecule has 0 saturated carbocycles. The molecule has 0 aromatic heterocycles. The lowest BCUT2D eigenvalue weighted by Crippen LogP contribution is -2.60. The van der Waals surface area contributed by atoms with E-state index in [0.29, 0.717) is 24.8 Å². The normalized spacial score (nSPS) is 41.0. The molecule has 2 heterocycles. The van der Waals surface area contributed by atoms with Gasteiger partial charge in [0.05, 0.1) is 23.9 Å². The van der Waals surface area contributed by atoms with Gasteiger partial charge < -0.3 is 33.7 Å². The largest absolute Gasteiger partial charge is 0.458 e. The number of likely N-dealkylation sites (N-methyl/N-ethyl adjacent to an activating group) is 1. The molecule has 0 bridgehead atoms. The second-order valence-electron chi connectivity index (χ2n) is 13.4.